The Balaban J connectivity index is 1.70. The van der Waals surface area contributed by atoms with Crippen molar-refractivity contribution in [3.8, 4) is 0 Å². The van der Waals surface area contributed by atoms with Crippen molar-refractivity contribution >= 4 is 17.7 Å². The van der Waals surface area contributed by atoms with Crippen LogP contribution in [-0.2, 0) is 30.5 Å². The number of likely N-dealkylation sites (tertiary alicyclic amines) is 1. The number of piperidine rings is 1. The Labute approximate surface area is 154 Å². The van der Waals surface area contributed by atoms with Crippen molar-refractivity contribution in [2.75, 3.05) is 19.7 Å². The molecule has 1 N–H and O–H groups in total. The van der Waals surface area contributed by atoms with Gasteiger partial charge in [0, 0.05) is 19.2 Å². The Morgan fingerprint density at radius 3 is 2.56 bits per heavy atom. The molecule has 2 heterocycles. The number of hydrogen-bond donors (Lipinski definition) is 1. The molecule has 1 fully saturated rings. The van der Waals surface area contributed by atoms with Crippen molar-refractivity contribution in [2.45, 2.75) is 39.1 Å². The normalized spacial score (nSPS) is 15.7. The molecule has 1 aromatic heterocycles. The van der Waals surface area contributed by atoms with Gasteiger partial charge in [-0.3, -0.25) is 9.59 Å². The van der Waals surface area contributed by atoms with Gasteiger partial charge in [-0.05, 0) is 32.3 Å². The van der Waals surface area contributed by atoms with Gasteiger partial charge in [0.2, 0.25) is 0 Å². The van der Waals surface area contributed by atoms with Gasteiger partial charge in [-0.15, -0.1) is 0 Å². The maximum absolute atomic E-state index is 11.9. The zero-order valence-electron chi connectivity index (χ0n) is 14.8. The summed E-state index contributed by atoms with van der Waals surface area (Å²) in [7, 11) is 0. The number of rotatable bonds is 8. The van der Waals surface area contributed by atoms with Crippen LogP contribution in [0, 0.1) is 6.92 Å². The third-order valence-corrected chi connectivity index (χ3v) is 3.85. The number of Topliss-reactive ketones (excluding diaryl/α,β-unsaturated/α-hetero) is 1. The molecule has 148 valence electrons. The fourth-order valence-electron chi connectivity index (χ4n) is 2.40. The quantitative estimate of drug-likeness (QED) is 0.286. The number of ether oxygens (including phenoxy) is 2. The van der Waals surface area contributed by atoms with Crippen LogP contribution in [0.3, 0.4) is 0 Å². The smallest absolute Gasteiger partial charge is 0.454 e. The number of nitrogens with zero attached hydrogens (tertiary/aromatic N) is 1. The van der Waals surface area contributed by atoms with Crippen molar-refractivity contribution in [1.29, 1.82) is 0 Å². The maximum atomic E-state index is 11.9. The molecule has 10 heteroatoms. The minimum absolute atomic E-state index is 0.108. The molecule has 1 saturated heterocycles. The second-order valence-electron chi connectivity index (χ2n) is 5.88. The summed E-state index contributed by atoms with van der Waals surface area (Å²) in [5.74, 6) is -2.94. The van der Waals surface area contributed by atoms with E-state index >= 15 is 0 Å². The molecule has 0 spiro atoms. The molecule has 1 unspecified atom stereocenters. The Morgan fingerprint density at radius 2 is 1.93 bits per heavy atom. The second-order valence-corrected chi connectivity index (χ2v) is 5.88. The van der Waals surface area contributed by atoms with Crippen molar-refractivity contribution in [3.63, 3.8) is 0 Å². The number of carbonyl (C=O) groups excluding carboxylic acids is 3. The highest BCUT2D eigenvalue weighted by atomic mass is 16.6. The van der Waals surface area contributed by atoms with E-state index in [9.17, 15) is 24.3 Å². The third kappa shape index (κ3) is 6.50. The highest BCUT2D eigenvalue weighted by molar-refractivity contribution is 6.36. The molecule has 1 aliphatic rings. The van der Waals surface area contributed by atoms with E-state index in [1.165, 1.54) is 11.8 Å². The summed E-state index contributed by atoms with van der Waals surface area (Å²) in [6.07, 6.45) is 3.08. The maximum Gasteiger partial charge on any atom is 0.519 e. The van der Waals surface area contributed by atoms with Crippen molar-refractivity contribution in [2.24, 2.45) is 0 Å². The summed E-state index contributed by atoms with van der Waals surface area (Å²) < 4.78 is 18.9. The first kappa shape index (κ1) is 20.6. The summed E-state index contributed by atoms with van der Waals surface area (Å²) >= 11 is 0. The summed E-state index contributed by atoms with van der Waals surface area (Å²) in [6, 6.07) is 0. The van der Waals surface area contributed by atoms with Crippen LogP contribution >= 0.6 is 0 Å². The minimum Gasteiger partial charge on any atom is -0.454 e. The molecule has 0 bridgehead atoms. The van der Waals surface area contributed by atoms with Gasteiger partial charge < -0.3 is 28.3 Å². The van der Waals surface area contributed by atoms with Gasteiger partial charge in [-0.25, -0.2) is 9.59 Å². The summed E-state index contributed by atoms with van der Waals surface area (Å²) in [4.78, 5) is 47.5. The van der Waals surface area contributed by atoms with Crippen molar-refractivity contribution < 1.29 is 37.8 Å². The second kappa shape index (κ2) is 9.83. The molecule has 1 aliphatic heterocycles. The van der Waals surface area contributed by atoms with Crippen LogP contribution in [0.5, 0.6) is 0 Å². The number of hydrogen-bond acceptors (Lipinski definition) is 9. The lowest BCUT2D eigenvalue weighted by molar-refractivity contribution is -0.151. The predicted molar refractivity (Wildman–Crippen MR) is 88.3 cm³/mol. The van der Waals surface area contributed by atoms with E-state index in [4.69, 9.17) is 4.74 Å². The number of aliphatic hydroxyl groups is 1. The zero-order chi connectivity index (χ0) is 19.8. The van der Waals surface area contributed by atoms with E-state index in [0.717, 1.165) is 31.4 Å². The monoisotopic (exact) mass is 383 g/mol. The molecular weight excluding hydrogens is 362 g/mol. The highest BCUT2D eigenvalue weighted by Gasteiger charge is 2.24. The lowest BCUT2D eigenvalue weighted by Crippen LogP contribution is -2.41. The number of amides is 1. The van der Waals surface area contributed by atoms with E-state index in [2.05, 4.69) is 13.6 Å². The molecule has 1 aromatic rings. The van der Waals surface area contributed by atoms with E-state index in [-0.39, 0.29) is 18.1 Å². The number of esters is 1. The van der Waals surface area contributed by atoms with Crippen LogP contribution in [0.25, 0.3) is 0 Å². The molecule has 27 heavy (non-hydrogen) atoms. The average molecular weight is 383 g/mol. The number of ketones is 1. The van der Waals surface area contributed by atoms with Gasteiger partial charge in [0.05, 0.1) is 0 Å². The van der Waals surface area contributed by atoms with Gasteiger partial charge in [0.1, 0.15) is 12.4 Å². The Hall–Kier alpha value is -2.72. The Morgan fingerprint density at radius 1 is 1.22 bits per heavy atom. The summed E-state index contributed by atoms with van der Waals surface area (Å²) in [5, 5.41) is 9.60. The van der Waals surface area contributed by atoms with Crippen LogP contribution < -0.4 is 5.82 Å². The predicted octanol–water partition coefficient (Wildman–Crippen LogP) is 0.0572. The van der Waals surface area contributed by atoms with E-state index in [1.54, 1.807) is 0 Å². The Bertz CT molecular complexity index is 755. The standard InChI is InChI=1S/C17H21NO9/c1-11-13(27-17(23)26-11)10-25-15(21)6-5-14(20)24-9-12(19)16(22)18-7-3-2-4-8-18/h5-6,15,21H,2-4,7-10H2,1H3/b6-5+. The average Bonchev–Trinajstić information content (AvgIpc) is 2.99. The van der Waals surface area contributed by atoms with E-state index < -0.39 is 36.4 Å². The molecule has 1 atom stereocenters. The van der Waals surface area contributed by atoms with Gasteiger partial charge in [-0.2, -0.15) is 0 Å². The van der Waals surface area contributed by atoms with Crippen LogP contribution in [-0.4, -0.2) is 53.7 Å². The van der Waals surface area contributed by atoms with Crippen LogP contribution in [0.1, 0.15) is 30.8 Å². The topological polar surface area (TPSA) is 136 Å². The molecule has 10 nitrogen and oxygen atoms in total. The van der Waals surface area contributed by atoms with Gasteiger partial charge in [-0.1, -0.05) is 0 Å². The Kier molecular flexibility index (Phi) is 7.50. The molecular formula is C17H21NO9. The lowest BCUT2D eigenvalue weighted by Gasteiger charge is -2.25. The highest BCUT2D eigenvalue weighted by Crippen LogP contribution is 2.09. The first-order chi connectivity index (χ1) is 12.9. The first-order valence-corrected chi connectivity index (χ1v) is 8.43. The fraction of sp³-hybridized carbons (Fsp3) is 0.529. The zero-order valence-corrected chi connectivity index (χ0v) is 14.8. The van der Waals surface area contributed by atoms with Crippen LogP contribution in [0.2, 0.25) is 0 Å². The summed E-state index contributed by atoms with van der Waals surface area (Å²) in [5.41, 5.74) is 0. The van der Waals surface area contributed by atoms with Gasteiger partial charge in [0.15, 0.2) is 18.7 Å². The molecule has 0 aromatic carbocycles. The van der Waals surface area contributed by atoms with Crippen LogP contribution in [0.15, 0.2) is 25.8 Å². The van der Waals surface area contributed by atoms with Crippen LogP contribution in [0.4, 0.5) is 0 Å². The number of aryl methyl sites for hydroxylation is 1. The molecule has 1 amide bonds. The first-order valence-electron chi connectivity index (χ1n) is 8.43. The third-order valence-electron chi connectivity index (χ3n) is 3.85. The van der Waals surface area contributed by atoms with E-state index in [1.807, 2.05) is 0 Å². The van der Waals surface area contributed by atoms with Crippen molar-refractivity contribution in [3.05, 3.63) is 34.3 Å². The van der Waals surface area contributed by atoms with Gasteiger partial charge in [0.25, 0.3) is 11.7 Å². The summed E-state index contributed by atoms with van der Waals surface area (Å²) in [6.45, 7) is 1.62. The minimum atomic E-state index is -1.48. The van der Waals surface area contributed by atoms with Gasteiger partial charge >= 0.3 is 11.8 Å². The largest absolute Gasteiger partial charge is 0.519 e. The number of carbonyl (C=O) groups is 3. The van der Waals surface area contributed by atoms with Crippen molar-refractivity contribution in [1.82, 2.24) is 4.90 Å². The molecule has 0 aliphatic carbocycles. The SMILES string of the molecule is Cc1oc(=O)oc1COC(O)/C=C/C(=O)OCC(=O)C(=O)N1CCCCC1. The number of aliphatic hydroxyl groups excluding tert-OH is 1. The molecule has 0 radical (unpaired) electrons. The lowest BCUT2D eigenvalue weighted by atomic mass is 10.1. The molecule has 2 rings (SSSR count). The molecule has 0 saturated carbocycles. The fourth-order valence-corrected chi connectivity index (χ4v) is 2.40. The van der Waals surface area contributed by atoms with E-state index in [0.29, 0.717) is 13.1 Å².